The fourth-order valence-corrected chi connectivity index (χ4v) is 3.23. The van der Waals surface area contributed by atoms with Crippen molar-refractivity contribution in [2.45, 2.75) is 24.9 Å². The third-order valence-electron chi connectivity index (χ3n) is 4.17. The van der Waals surface area contributed by atoms with Gasteiger partial charge >= 0.3 is 0 Å². The van der Waals surface area contributed by atoms with Crippen LogP contribution in [0, 0.1) is 0 Å². The van der Waals surface area contributed by atoms with Crippen molar-refractivity contribution in [2.75, 3.05) is 13.1 Å². The summed E-state index contributed by atoms with van der Waals surface area (Å²) in [5, 5.41) is 0. The lowest BCUT2D eigenvalue weighted by atomic mass is 10.0. The Morgan fingerprint density at radius 3 is 2.75 bits per heavy atom. The fourth-order valence-electron chi connectivity index (χ4n) is 3.23. The van der Waals surface area contributed by atoms with E-state index in [1.54, 1.807) is 0 Å². The van der Waals surface area contributed by atoms with Crippen molar-refractivity contribution in [3.63, 3.8) is 0 Å². The van der Waals surface area contributed by atoms with Gasteiger partial charge in [0.1, 0.15) is 0 Å². The first-order chi connectivity index (χ1) is 9.90. The molecule has 1 aliphatic rings. The number of nitrogens with zero attached hydrogens (tertiary/aromatic N) is 2. The van der Waals surface area contributed by atoms with E-state index in [1.807, 2.05) is 18.5 Å². The Balaban J connectivity index is 1.87. The second-order valence-corrected chi connectivity index (χ2v) is 5.34. The maximum absolute atomic E-state index is 6.07. The van der Waals surface area contributed by atoms with Crippen molar-refractivity contribution in [3.8, 4) is 0 Å². The molecule has 1 fully saturated rings. The standard InChI is InChI=1S/C17H21N3/c18-12-17(14-6-2-1-3-7-14)20-11-5-9-16(20)15-8-4-10-19-13-15/h1-4,6-8,10,13,16-17H,5,9,11-12,18H2. The van der Waals surface area contributed by atoms with Crippen molar-refractivity contribution >= 4 is 0 Å². The van der Waals surface area contributed by atoms with Crippen LogP contribution < -0.4 is 5.73 Å². The first-order valence-electron chi connectivity index (χ1n) is 7.31. The fraction of sp³-hybridized carbons (Fsp3) is 0.353. The summed E-state index contributed by atoms with van der Waals surface area (Å²) in [7, 11) is 0. The van der Waals surface area contributed by atoms with Crippen molar-refractivity contribution in [1.82, 2.24) is 9.88 Å². The zero-order valence-corrected chi connectivity index (χ0v) is 11.7. The monoisotopic (exact) mass is 267 g/mol. The molecule has 3 nitrogen and oxygen atoms in total. The number of hydrogen-bond donors (Lipinski definition) is 1. The Morgan fingerprint density at radius 2 is 2.05 bits per heavy atom. The van der Waals surface area contributed by atoms with Gasteiger partial charge in [0.25, 0.3) is 0 Å². The summed E-state index contributed by atoms with van der Waals surface area (Å²) < 4.78 is 0. The van der Waals surface area contributed by atoms with E-state index in [9.17, 15) is 0 Å². The molecule has 1 aromatic heterocycles. The highest BCUT2D eigenvalue weighted by Gasteiger charge is 2.31. The number of rotatable bonds is 4. The Morgan fingerprint density at radius 1 is 1.20 bits per heavy atom. The molecular weight excluding hydrogens is 246 g/mol. The third kappa shape index (κ3) is 2.60. The van der Waals surface area contributed by atoms with Crippen molar-refractivity contribution in [1.29, 1.82) is 0 Å². The highest BCUT2D eigenvalue weighted by molar-refractivity contribution is 5.22. The Hall–Kier alpha value is -1.71. The second-order valence-electron chi connectivity index (χ2n) is 5.34. The van der Waals surface area contributed by atoms with Crippen LogP contribution in [0.25, 0.3) is 0 Å². The van der Waals surface area contributed by atoms with Crippen LogP contribution in [0.2, 0.25) is 0 Å². The van der Waals surface area contributed by atoms with Gasteiger partial charge in [0, 0.05) is 31.0 Å². The average molecular weight is 267 g/mol. The predicted molar refractivity (Wildman–Crippen MR) is 81.2 cm³/mol. The van der Waals surface area contributed by atoms with Gasteiger partial charge in [-0.15, -0.1) is 0 Å². The smallest absolute Gasteiger partial charge is 0.0476 e. The second kappa shape index (κ2) is 6.16. The molecular formula is C17H21N3. The van der Waals surface area contributed by atoms with Crippen LogP contribution >= 0.6 is 0 Å². The van der Waals surface area contributed by atoms with Gasteiger partial charge in [-0.25, -0.2) is 0 Å². The van der Waals surface area contributed by atoms with Crippen LogP contribution in [-0.2, 0) is 0 Å². The molecule has 0 aliphatic carbocycles. The van der Waals surface area contributed by atoms with Gasteiger partial charge in [0.05, 0.1) is 0 Å². The van der Waals surface area contributed by atoms with Crippen LogP contribution in [0.15, 0.2) is 54.9 Å². The minimum atomic E-state index is 0.295. The van der Waals surface area contributed by atoms with E-state index >= 15 is 0 Å². The summed E-state index contributed by atoms with van der Waals surface area (Å²) in [6.45, 7) is 1.76. The molecule has 1 aromatic carbocycles. The van der Waals surface area contributed by atoms with Crippen molar-refractivity contribution in [3.05, 3.63) is 66.0 Å². The molecule has 20 heavy (non-hydrogen) atoms. The minimum absolute atomic E-state index is 0.295. The molecule has 2 atom stereocenters. The lowest BCUT2D eigenvalue weighted by Gasteiger charge is -2.32. The molecule has 2 aromatic rings. The van der Waals surface area contributed by atoms with Gasteiger partial charge in [0.15, 0.2) is 0 Å². The average Bonchev–Trinajstić information content (AvgIpc) is 2.99. The van der Waals surface area contributed by atoms with E-state index in [4.69, 9.17) is 5.73 Å². The molecule has 2 N–H and O–H groups in total. The summed E-state index contributed by atoms with van der Waals surface area (Å²) in [5.41, 5.74) is 8.68. The van der Waals surface area contributed by atoms with E-state index in [0.29, 0.717) is 18.6 Å². The van der Waals surface area contributed by atoms with Gasteiger partial charge in [-0.1, -0.05) is 36.4 Å². The predicted octanol–water partition coefficient (Wildman–Crippen LogP) is 2.92. The summed E-state index contributed by atoms with van der Waals surface area (Å²) >= 11 is 0. The summed E-state index contributed by atoms with van der Waals surface area (Å²) in [5.74, 6) is 0. The molecule has 0 spiro atoms. The molecule has 104 valence electrons. The molecule has 0 bridgehead atoms. The molecule has 3 rings (SSSR count). The van der Waals surface area contributed by atoms with Crippen molar-refractivity contribution < 1.29 is 0 Å². The summed E-state index contributed by atoms with van der Waals surface area (Å²) in [4.78, 5) is 6.80. The summed E-state index contributed by atoms with van der Waals surface area (Å²) in [6.07, 6.45) is 6.24. The van der Waals surface area contributed by atoms with Crippen LogP contribution in [0.1, 0.15) is 36.1 Å². The third-order valence-corrected chi connectivity index (χ3v) is 4.17. The van der Waals surface area contributed by atoms with Gasteiger partial charge < -0.3 is 5.73 Å². The van der Waals surface area contributed by atoms with Crippen molar-refractivity contribution in [2.24, 2.45) is 5.73 Å². The van der Waals surface area contributed by atoms with Crippen LogP contribution in [0.3, 0.4) is 0 Å². The number of benzene rings is 1. The van der Waals surface area contributed by atoms with E-state index in [0.717, 1.165) is 6.54 Å². The normalized spacial score (nSPS) is 20.9. The van der Waals surface area contributed by atoms with Gasteiger partial charge in [-0.05, 0) is 36.6 Å². The van der Waals surface area contributed by atoms with Gasteiger partial charge in [-0.2, -0.15) is 0 Å². The minimum Gasteiger partial charge on any atom is -0.329 e. The topological polar surface area (TPSA) is 42.1 Å². The Labute approximate surface area is 120 Å². The zero-order valence-electron chi connectivity index (χ0n) is 11.7. The van der Waals surface area contributed by atoms with Gasteiger partial charge in [0.2, 0.25) is 0 Å². The van der Waals surface area contributed by atoms with Crippen LogP contribution in [0.5, 0.6) is 0 Å². The van der Waals surface area contributed by atoms with E-state index < -0.39 is 0 Å². The first kappa shape index (κ1) is 13.3. The number of nitrogens with two attached hydrogens (primary N) is 1. The molecule has 1 saturated heterocycles. The maximum Gasteiger partial charge on any atom is 0.0476 e. The lowest BCUT2D eigenvalue weighted by molar-refractivity contribution is 0.185. The quantitative estimate of drug-likeness (QED) is 0.926. The molecule has 1 aliphatic heterocycles. The molecule has 0 amide bonds. The number of hydrogen-bond acceptors (Lipinski definition) is 3. The molecule has 2 heterocycles. The highest BCUT2D eigenvalue weighted by atomic mass is 15.2. The van der Waals surface area contributed by atoms with Gasteiger partial charge in [-0.3, -0.25) is 9.88 Å². The number of likely N-dealkylation sites (tertiary alicyclic amines) is 1. The maximum atomic E-state index is 6.07. The first-order valence-corrected chi connectivity index (χ1v) is 7.31. The van der Waals surface area contributed by atoms with E-state index in [1.165, 1.54) is 24.0 Å². The summed E-state index contributed by atoms with van der Waals surface area (Å²) in [6, 6.07) is 15.5. The Kier molecular flexibility index (Phi) is 4.09. The van der Waals surface area contributed by atoms with Crippen LogP contribution in [-0.4, -0.2) is 23.0 Å². The highest BCUT2D eigenvalue weighted by Crippen LogP contribution is 2.37. The molecule has 3 heteroatoms. The molecule has 2 unspecified atom stereocenters. The van der Waals surface area contributed by atoms with E-state index in [2.05, 4.69) is 46.3 Å². The zero-order chi connectivity index (χ0) is 13.8. The number of aromatic nitrogens is 1. The molecule has 0 saturated carbocycles. The molecule has 0 radical (unpaired) electrons. The Bertz CT molecular complexity index is 526. The number of pyridine rings is 1. The van der Waals surface area contributed by atoms with Crippen LogP contribution in [0.4, 0.5) is 0 Å². The largest absolute Gasteiger partial charge is 0.329 e. The lowest BCUT2D eigenvalue weighted by Crippen LogP contribution is -2.33. The SMILES string of the molecule is NCC(c1ccccc1)N1CCCC1c1cccnc1. The van der Waals surface area contributed by atoms with E-state index in [-0.39, 0.29) is 0 Å².